The number of amidine groups is 1. The third-order valence-corrected chi connectivity index (χ3v) is 8.56. The molecule has 2 aromatic carbocycles. The van der Waals surface area contributed by atoms with Gasteiger partial charge < -0.3 is 24.0 Å². The van der Waals surface area contributed by atoms with Crippen LogP contribution in [0.2, 0.25) is 0 Å². The molecule has 220 valence electrons. The third-order valence-electron chi connectivity index (χ3n) is 7.67. The van der Waals surface area contributed by atoms with Gasteiger partial charge in [-0.1, -0.05) is 60.3 Å². The molecule has 0 radical (unpaired) electrons. The Morgan fingerprint density at radius 1 is 1.00 bits per heavy atom. The van der Waals surface area contributed by atoms with Gasteiger partial charge in [0.05, 0.1) is 43.4 Å². The number of carbonyl (C=O) groups excluding carboxylic acids is 3. The Balaban J connectivity index is 1.39. The second-order valence-corrected chi connectivity index (χ2v) is 11.1. The lowest BCUT2D eigenvalue weighted by molar-refractivity contribution is -0.151. The third kappa shape index (κ3) is 6.23. The van der Waals surface area contributed by atoms with Crippen molar-refractivity contribution in [3.63, 3.8) is 0 Å². The number of thioether (sulfide) groups is 1. The molecule has 9 nitrogen and oxygen atoms in total. The molecule has 5 rings (SSSR count). The maximum absolute atomic E-state index is 13.7. The lowest BCUT2D eigenvalue weighted by Crippen LogP contribution is -2.42. The highest BCUT2D eigenvalue weighted by molar-refractivity contribution is 8.16. The number of allylic oxidation sites excluding steroid dienone is 1. The van der Waals surface area contributed by atoms with E-state index in [0.717, 1.165) is 16.8 Å². The Kier molecular flexibility index (Phi) is 9.31. The highest BCUT2D eigenvalue weighted by atomic mass is 32.2. The van der Waals surface area contributed by atoms with Crippen LogP contribution in [-0.4, -0.2) is 59.6 Å². The maximum Gasteiger partial charge on any atom is 0.338 e. The summed E-state index contributed by atoms with van der Waals surface area (Å²) >= 11 is 1.43. The summed E-state index contributed by atoms with van der Waals surface area (Å²) in [4.78, 5) is 47.9. The van der Waals surface area contributed by atoms with Gasteiger partial charge in [-0.2, -0.15) is 0 Å². The molecule has 1 atom stereocenters. The lowest BCUT2D eigenvalue weighted by atomic mass is 9.93. The van der Waals surface area contributed by atoms with Gasteiger partial charge in [0.25, 0.3) is 0 Å². The van der Waals surface area contributed by atoms with Crippen LogP contribution in [0.15, 0.2) is 82.0 Å². The summed E-state index contributed by atoms with van der Waals surface area (Å²) in [6.45, 7) is 5.08. The standard InChI is InChI=1S/C32H35N3O6S/c1-4-40-30(37)23-14-16-34(17-15-23)27(36)18-24-20-42-32-33-21(2)28(31(38)41-19-22-10-6-5-7-11-22)29(35(24)32)25-12-8-9-13-26(25)39-3/h5-13,20,23,29H,4,14-19H2,1-3H3. The molecule has 42 heavy (non-hydrogen) atoms. The number of carbonyl (C=O) groups is 3. The van der Waals surface area contributed by atoms with E-state index in [1.165, 1.54) is 11.8 Å². The number of esters is 2. The van der Waals surface area contributed by atoms with Gasteiger partial charge in [0.15, 0.2) is 5.17 Å². The van der Waals surface area contributed by atoms with E-state index in [-0.39, 0.29) is 30.8 Å². The molecular weight excluding hydrogens is 554 g/mol. The van der Waals surface area contributed by atoms with Gasteiger partial charge in [-0.25, -0.2) is 9.79 Å². The van der Waals surface area contributed by atoms with Crippen LogP contribution in [0.1, 0.15) is 50.3 Å². The first kappa shape index (κ1) is 29.4. The first-order valence-electron chi connectivity index (χ1n) is 14.1. The van der Waals surface area contributed by atoms with E-state index in [9.17, 15) is 14.4 Å². The van der Waals surface area contributed by atoms with Crippen molar-refractivity contribution in [2.45, 2.75) is 45.8 Å². The number of hydrogen-bond donors (Lipinski definition) is 0. The molecule has 0 N–H and O–H groups in total. The average molecular weight is 590 g/mol. The van der Waals surface area contributed by atoms with Crippen LogP contribution in [0.5, 0.6) is 5.75 Å². The fourth-order valence-corrected chi connectivity index (χ4v) is 6.47. The van der Waals surface area contributed by atoms with E-state index >= 15 is 0 Å². The van der Waals surface area contributed by atoms with Gasteiger partial charge >= 0.3 is 11.9 Å². The zero-order valence-corrected chi connectivity index (χ0v) is 24.9. The number of methoxy groups -OCH3 is 1. The predicted octanol–water partition coefficient (Wildman–Crippen LogP) is 5.21. The van der Waals surface area contributed by atoms with Gasteiger partial charge in [-0.15, -0.1) is 0 Å². The largest absolute Gasteiger partial charge is 0.496 e. The number of hydrogen-bond acceptors (Lipinski definition) is 9. The normalized spacial score (nSPS) is 18.7. The monoisotopic (exact) mass is 589 g/mol. The predicted molar refractivity (Wildman–Crippen MR) is 160 cm³/mol. The zero-order chi connectivity index (χ0) is 29.6. The number of fused-ring (bicyclic) bond motifs is 1. The van der Waals surface area contributed by atoms with Crippen molar-refractivity contribution in [1.29, 1.82) is 0 Å². The number of amides is 1. The maximum atomic E-state index is 13.7. The Hall–Kier alpha value is -4.05. The van der Waals surface area contributed by atoms with Gasteiger partial charge in [-0.05, 0) is 43.7 Å². The van der Waals surface area contributed by atoms with E-state index in [4.69, 9.17) is 19.2 Å². The van der Waals surface area contributed by atoms with Crippen LogP contribution < -0.4 is 4.74 Å². The van der Waals surface area contributed by atoms with Crippen molar-refractivity contribution >= 4 is 34.8 Å². The molecule has 0 bridgehead atoms. The number of rotatable bonds is 9. The van der Waals surface area contributed by atoms with Gasteiger partial charge in [0, 0.05) is 24.4 Å². The summed E-state index contributed by atoms with van der Waals surface area (Å²) < 4.78 is 16.7. The SMILES string of the molecule is CCOC(=O)C1CCN(C(=O)CC2=CSC3=NC(C)=C(C(=O)OCc4ccccc4)C(c4ccccc4OC)N23)CC1. The molecule has 1 fully saturated rings. The Labute approximate surface area is 250 Å². The van der Waals surface area contributed by atoms with Crippen molar-refractivity contribution in [3.05, 3.63) is 88.1 Å². The zero-order valence-electron chi connectivity index (χ0n) is 24.1. The first-order chi connectivity index (χ1) is 20.4. The van der Waals surface area contributed by atoms with Crippen LogP contribution in [0.4, 0.5) is 0 Å². The average Bonchev–Trinajstić information content (AvgIpc) is 3.41. The fraction of sp³-hybridized carbons (Fsp3) is 0.375. The van der Waals surface area contributed by atoms with Crippen molar-refractivity contribution in [1.82, 2.24) is 9.80 Å². The van der Waals surface area contributed by atoms with Crippen molar-refractivity contribution in [2.75, 3.05) is 26.8 Å². The molecule has 0 spiro atoms. The van der Waals surface area contributed by atoms with Gasteiger partial charge in [0.1, 0.15) is 12.4 Å². The van der Waals surface area contributed by atoms with Gasteiger partial charge in [-0.3, -0.25) is 9.59 Å². The molecule has 1 amide bonds. The Bertz CT molecular complexity index is 1430. The molecular formula is C32H35N3O6S. The second-order valence-electron chi connectivity index (χ2n) is 10.3. The van der Waals surface area contributed by atoms with E-state index in [2.05, 4.69) is 0 Å². The molecule has 3 aliphatic rings. The van der Waals surface area contributed by atoms with Crippen molar-refractivity contribution in [3.8, 4) is 5.75 Å². The molecule has 3 heterocycles. The molecule has 0 saturated carbocycles. The van der Waals surface area contributed by atoms with Crippen LogP contribution in [0, 0.1) is 5.92 Å². The lowest BCUT2D eigenvalue weighted by Gasteiger charge is -2.37. The molecule has 2 aromatic rings. The minimum atomic E-state index is -0.597. The summed E-state index contributed by atoms with van der Waals surface area (Å²) in [7, 11) is 1.60. The van der Waals surface area contributed by atoms with Crippen molar-refractivity contribution < 1.29 is 28.6 Å². The Morgan fingerprint density at radius 2 is 1.71 bits per heavy atom. The van der Waals surface area contributed by atoms with Crippen LogP contribution in [0.25, 0.3) is 0 Å². The topological polar surface area (TPSA) is 97.7 Å². The van der Waals surface area contributed by atoms with Gasteiger partial charge in [0.2, 0.25) is 5.91 Å². The number of nitrogens with zero attached hydrogens (tertiary/aromatic N) is 3. The quantitative estimate of drug-likeness (QED) is 0.368. The van der Waals surface area contributed by atoms with Crippen LogP contribution in [0.3, 0.4) is 0 Å². The number of ether oxygens (including phenoxy) is 3. The van der Waals surface area contributed by atoms with E-state index < -0.39 is 12.0 Å². The van der Waals surface area contributed by atoms with Crippen molar-refractivity contribution in [2.24, 2.45) is 10.9 Å². The minimum Gasteiger partial charge on any atom is -0.496 e. The van der Waals surface area contributed by atoms with E-state index in [1.807, 2.05) is 71.8 Å². The summed E-state index contributed by atoms with van der Waals surface area (Å²) in [6, 6.07) is 16.5. The highest BCUT2D eigenvalue weighted by Gasteiger charge is 2.42. The summed E-state index contributed by atoms with van der Waals surface area (Å²) in [5.74, 6) is -0.262. The molecule has 10 heteroatoms. The Morgan fingerprint density at radius 3 is 2.43 bits per heavy atom. The number of aliphatic imine (C=N–C) groups is 1. The molecule has 1 saturated heterocycles. The van der Waals surface area contributed by atoms with E-state index in [1.54, 1.807) is 18.9 Å². The highest BCUT2D eigenvalue weighted by Crippen LogP contribution is 2.47. The number of benzene rings is 2. The smallest absolute Gasteiger partial charge is 0.338 e. The molecule has 0 aromatic heterocycles. The molecule has 3 aliphatic heterocycles. The second kappa shape index (κ2) is 13.3. The van der Waals surface area contributed by atoms with Crippen LogP contribution >= 0.6 is 11.8 Å². The minimum absolute atomic E-state index is 0.0383. The number of piperidine rings is 1. The summed E-state index contributed by atoms with van der Waals surface area (Å²) in [6.07, 6.45) is 1.29. The summed E-state index contributed by atoms with van der Waals surface area (Å²) in [5, 5.41) is 2.61. The molecule has 0 aliphatic carbocycles. The number of likely N-dealkylation sites (tertiary alicyclic amines) is 1. The van der Waals surface area contributed by atoms with E-state index in [0.29, 0.717) is 54.7 Å². The summed E-state index contributed by atoms with van der Waals surface area (Å²) in [5.41, 5.74) is 3.36. The first-order valence-corrected chi connectivity index (χ1v) is 15.0. The number of para-hydroxylation sites is 1. The fourth-order valence-electron chi connectivity index (χ4n) is 5.51. The molecule has 1 unspecified atom stereocenters. The van der Waals surface area contributed by atoms with Crippen LogP contribution in [-0.2, 0) is 30.5 Å².